The van der Waals surface area contributed by atoms with Gasteiger partial charge in [0.2, 0.25) is 0 Å². The van der Waals surface area contributed by atoms with Crippen LogP contribution in [0.5, 0.6) is 11.5 Å². The lowest BCUT2D eigenvalue weighted by atomic mass is 10.1. The molecular formula is C13H16F2O4. The number of carbonyl (C=O) groups is 1. The van der Waals surface area contributed by atoms with Crippen molar-refractivity contribution in [2.24, 2.45) is 0 Å². The van der Waals surface area contributed by atoms with Crippen molar-refractivity contribution in [1.29, 1.82) is 0 Å². The molecular weight excluding hydrogens is 258 g/mol. The van der Waals surface area contributed by atoms with Crippen molar-refractivity contribution in [3.63, 3.8) is 0 Å². The summed E-state index contributed by atoms with van der Waals surface area (Å²) in [5.41, 5.74) is 0.825. The molecule has 0 radical (unpaired) electrons. The highest BCUT2D eigenvalue weighted by Crippen LogP contribution is 2.30. The van der Waals surface area contributed by atoms with Crippen LogP contribution in [0, 0.1) is 0 Å². The van der Waals surface area contributed by atoms with Gasteiger partial charge in [-0.05, 0) is 37.5 Å². The topological polar surface area (TPSA) is 55.8 Å². The van der Waals surface area contributed by atoms with Crippen LogP contribution in [0.3, 0.4) is 0 Å². The quantitative estimate of drug-likeness (QED) is 0.791. The van der Waals surface area contributed by atoms with E-state index in [4.69, 9.17) is 9.84 Å². The van der Waals surface area contributed by atoms with Crippen LogP contribution in [0.2, 0.25) is 0 Å². The second kappa shape index (κ2) is 7.56. The average molecular weight is 274 g/mol. The Bertz CT molecular complexity index is 421. The second-order valence-electron chi connectivity index (χ2n) is 3.84. The van der Waals surface area contributed by atoms with Crippen LogP contribution in [-0.4, -0.2) is 24.3 Å². The van der Waals surface area contributed by atoms with Gasteiger partial charge >= 0.3 is 12.6 Å². The van der Waals surface area contributed by atoms with Crippen molar-refractivity contribution in [2.45, 2.75) is 32.8 Å². The number of aryl methyl sites for hydroxylation is 1. The minimum absolute atomic E-state index is 0.0150. The molecule has 0 amide bonds. The number of aliphatic carboxylic acids is 1. The Balaban J connectivity index is 2.74. The van der Waals surface area contributed by atoms with Crippen LogP contribution in [0.4, 0.5) is 8.78 Å². The zero-order valence-electron chi connectivity index (χ0n) is 10.6. The van der Waals surface area contributed by atoms with Crippen LogP contribution >= 0.6 is 0 Å². The molecule has 0 aliphatic rings. The normalized spacial score (nSPS) is 10.5. The van der Waals surface area contributed by atoms with Gasteiger partial charge < -0.3 is 14.6 Å². The molecule has 1 aromatic rings. The molecule has 1 aromatic carbocycles. The SMILES string of the molecule is CCOc1cc(CCCC(=O)O)ccc1OC(F)F. The molecule has 0 saturated heterocycles. The molecule has 19 heavy (non-hydrogen) atoms. The number of rotatable bonds is 8. The summed E-state index contributed by atoms with van der Waals surface area (Å²) < 4.78 is 34.0. The van der Waals surface area contributed by atoms with E-state index in [9.17, 15) is 13.6 Å². The fourth-order valence-electron chi connectivity index (χ4n) is 1.61. The van der Waals surface area contributed by atoms with Gasteiger partial charge in [0.25, 0.3) is 0 Å². The highest BCUT2D eigenvalue weighted by molar-refractivity contribution is 5.66. The predicted molar refractivity (Wildman–Crippen MR) is 64.8 cm³/mol. The van der Waals surface area contributed by atoms with Crippen molar-refractivity contribution in [3.05, 3.63) is 23.8 Å². The van der Waals surface area contributed by atoms with Gasteiger partial charge in [0, 0.05) is 6.42 Å². The molecule has 0 unspecified atom stereocenters. The standard InChI is InChI=1S/C13H16F2O4/c1-2-18-11-8-9(4-3-5-12(16)17)6-7-10(11)19-13(14)15/h6-8,13H,2-5H2,1H3,(H,16,17). The summed E-state index contributed by atoms with van der Waals surface area (Å²) in [6.45, 7) is -0.835. The molecule has 0 aromatic heterocycles. The average Bonchev–Trinajstić information content (AvgIpc) is 2.31. The number of benzene rings is 1. The first-order chi connectivity index (χ1) is 9.02. The third-order valence-corrected chi connectivity index (χ3v) is 2.38. The molecule has 4 nitrogen and oxygen atoms in total. The maximum absolute atomic E-state index is 12.2. The van der Waals surface area contributed by atoms with Gasteiger partial charge in [0.15, 0.2) is 11.5 Å². The third kappa shape index (κ3) is 5.54. The fraction of sp³-hybridized carbons (Fsp3) is 0.462. The maximum atomic E-state index is 12.2. The maximum Gasteiger partial charge on any atom is 0.387 e. The Hall–Kier alpha value is -1.85. The number of carboxylic acids is 1. The first-order valence-corrected chi connectivity index (χ1v) is 5.95. The summed E-state index contributed by atoms with van der Waals surface area (Å²) in [5.74, 6) is -0.628. The van der Waals surface area contributed by atoms with Gasteiger partial charge in [-0.3, -0.25) is 4.79 Å². The van der Waals surface area contributed by atoms with Gasteiger partial charge in [0.05, 0.1) is 6.61 Å². The lowest BCUT2D eigenvalue weighted by Crippen LogP contribution is -2.05. The number of ether oxygens (including phenoxy) is 2. The molecule has 0 saturated carbocycles. The van der Waals surface area contributed by atoms with E-state index in [0.717, 1.165) is 5.56 Å². The summed E-state index contributed by atoms with van der Waals surface area (Å²) in [6.07, 6.45) is 1.09. The van der Waals surface area contributed by atoms with Crippen molar-refractivity contribution >= 4 is 5.97 Å². The zero-order chi connectivity index (χ0) is 14.3. The van der Waals surface area contributed by atoms with Crippen LogP contribution in [0.15, 0.2) is 18.2 Å². The number of alkyl halides is 2. The van der Waals surface area contributed by atoms with E-state index in [1.54, 1.807) is 19.1 Å². The smallest absolute Gasteiger partial charge is 0.387 e. The van der Waals surface area contributed by atoms with E-state index in [1.165, 1.54) is 6.07 Å². The largest absolute Gasteiger partial charge is 0.490 e. The summed E-state index contributed by atoms with van der Waals surface area (Å²) in [6, 6.07) is 4.64. The molecule has 0 aliphatic heterocycles. The molecule has 0 fully saturated rings. The third-order valence-electron chi connectivity index (χ3n) is 2.38. The molecule has 0 bridgehead atoms. The molecule has 6 heteroatoms. The van der Waals surface area contributed by atoms with Crippen LogP contribution in [0.1, 0.15) is 25.3 Å². The minimum atomic E-state index is -2.91. The minimum Gasteiger partial charge on any atom is -0.490 e. The highest BCUT2D eigenvalue weighted by atomic mass is 19.3. The van der Waals surface area contributed by atoms with Gasteiger partial charge in [-0.1, -0.05) is 6.07 Å². The van der Waals surface area contributed by atoms with Crippen LogP contribution < -0.4 is 9.47 Å². The van der Waals surface area contributed by atoms with E-state index in [-0.39, 0.29) is 17.9 Å². The molecule has 0 aliphatic carbocycles. The predicted octanol–water partition coefficient (Wildman–Crippen LogP) is 3.09. The monoisotopic (exact) mass is 274 g/mol. The molecule has 0 heterocycles. The number of hydrogen-bond donors (Lipinski definition) is 1. The summed E-state index contributed by atoms with van der Waals surface area (Å²) in [4.78, 5) is 10.4. The Morgan fingerprint density at radius 1 is 1.37 bits per heavy atom. The molecule has 1 rings (SSSR count). The van der Waals surface area contributed by atoms with Crippen molar-refractivity contribution < 1.29 is 28.2 Å². The number of halogens is 2. The summed E-state index contributed by atoms with van der Waals surface area (Å²) >= 11 is 0. The van der Waals surface area contributed by atoms with Gasteiger partial charge in [-0.2, -0.15) is 8.78 Å². The zero-order valence-corrected chi connectivity index (χ0v) is 10.6. The van der Waals surface area contributed by atoms with Gasteiger partial charge in [-0.25, -0.2) is 0 Å². The molecule has 106 valence electrons. The van der Waals surface area contributed by atoms with E-state index >= 15 is 0 Å². The lowest BCUT2D eigenvalue weighted by Gasteiger charge is -2.12. The van der Waals surface area contributed by atoms with Crippen molar-refractivity contribution in [2.75, 3.05) is 6.61 Å². The van der Waals surface area contributed by atoms with Crippen LogP contribution in [0.25, 0.3) is 0 Å². The molecule has 0 spiro atoms. The lowest BCUT2D eigenvalue weighted by molar-refractivity contribution is -0.137. The first-order valence-electron chi connectivity index (χ1n) is 5.95. The van der Waals surface area contributed by atoms with E-state index in [2.05, 4.69) is 4.74 Å². The Kier molecular flexibility index (Phi) is 6.05. The summed E-state index contributed by atoms with van der Waals surface area (Å²) in [7, 11) is 0. The van der Waals surface area contributed by atoms with Gasteiger partial charge in [-0.15, -0.1) is 0 Å². The van der Waals surface area contributed by atoms with E-state index in [0.29, 0.717) is 19.4 Å². The second-order valence-corrected chi connectivity index (χ2v) is 3.84. The Morgan fingerprint density at radius 2 is 2.11 bits per heavy atom. The number of carboxylic acid groups (broad SMARTS) is 1. The summed E-state index contributed by atoms with van der Waals surface area (Å²) in [5, 5.41) is 8.55. The Morgan fingerprint density at radius 3 is 2.68 bits per heavy atom. The van der Waals surface area contributed by atoms with Gasteiger partial charge in [0.1, 0.15) is 0 Å². The van der Waals surface area contributed by atoms with Crippen LogP contribution in [-0.2, 0) is 11.2 Å². The molecule has 0 atom stereocenters. The van der Waals surface area contributed by atoms with Crippen molar-refractivity contribution in [3.8, 4) is 11.5 Å². The first kappa shape index (κ1) is 15.2. The van der Waals surface area contributed by atoms with E-state index < -0.39 is 12.6 Å². The molecule has 1 N–H and O–H groups in total. The van der Waals surface area contributed by atoms with E-state index in [1.807, 2.05) is 0 Å². The fourth-order valence-corrected chi connectivity index (χ4v) is 1.61. The Labute approximate surface area is 109 Å². The number of hydrogen-bond acceptors (Lipinski definition) is 3. The highest BCUT2D eigenvalue weighted by Gasteiger charge is 2.11. The van der Waals surface area contributed by atoms with Crippen molar-refractivity contribution in [1.82, 2.24) is 0 Å².